The van der Waals surface area contributed by atoms with Crippen molar-refractivity contribution in [3.8, 4) is 0 Å². The molecule has 1 atom stereocenters. The molecular formula is C18H32O4. The number of rotatable bonds is 4. The van der Waals surface area contributed by atoms with E-state index in [1.165, 1.54) is 12.8 Å². The van der Waals surface area contributed by atoms with Crippen LogP contribution in [0.3, 0.4) is 0 Å². The van der Waals surface area contributed by atoms with Crippen LogP contribution in [0.25, 0.3) is 0 Å². The topological polar surface area (TPSA) is 66.8 Å². The number of hydrogen-bond acceptors (Lipinski definition) is 4. The molecule has 0 aliphatic carbocycles. The average Bonchev–Trinajstić information content (AvgIpc) is 2.48. The van der Waals surface area contributed by atoms with E-state index in [1.807, 2.05) is 6.08 Å². The van der Waals surface area contributed by atoms with Gasteiger partial charge in [0, 0.05) is 6.42 Å². The molecule has 1 heterocycles. The van der Waals surface area contributed by atoms with Crippen molar-refractivity contribution in [2.45, 2.75) is 95.9 Å². The van der Waals surface area contributed by atoms with Gasteiger partial charge >= 0.3 is 5.97 Å². The Kier molecular flexibility index (Phi) is 9.41. The molecule has 1 aliphatic rings. The Morgan fingerprint density at radius 1 is 1.14 bits per heavy atom. The lowest BCUT2D eigenvalue weighted by molar-refractivity contribution is -0.215. The van der Waals surface area contributed by atoms with Gasteiger partial charge in [0.1, 0.15) is 6.10 Å². The summed E-state index contributed by atoms with van der Waals surface area (Å²) in [4.78, 5) is 12.0. The van der Waals surface area contributed by atoms with Crippen molar-refractivity contribution in [3.63, 3.8) is 0 Å². The molecule has 0 spiro atoms. The van der Waals surface area contributed by atoms with E-state index in [0.29, 0.717) is 6.42 Å². The molecule has 0 aromatic heterocycles. The normalized spacial score (nSPS) is 26.0. The molecule has 2 N–H and O–H groups in total. The van der Waals surface area contributed by atoms with Crippen LogP contribution in [-0.4, -0.2) is 28.1 Å². The third-order valence-electron chi connectivity index (χ3n) is 4.17. The highest BCUT2D eigenvalue weighted by Gasteiger charge is 2.35. The number of allylic oxidation sites excluding steroid dienone is 1. The summed E-state index contributed by atoms with van der Waals surface area (Å²) < 4.78 is 5.33. The first-order chi connectivity index (χ1) is 10.6. The van der Waals surface area contributed by atoms with Crippen LogP contribution in [0.4, 0.5) is 0 Å². The number of carbonyl (C=O) groups is 1. The monoisotopic (exact) mass is 312 g/mol. The minimum Gasteiger partial charge on any atom is -0.454 e. The molecule has 4 nitrogen and oxygen atoms in total. The number of esters is 1. The SMILES string of the molecule is CCCCCC1/C=C/CCCCCCCCC(O)(O)C(=O)O1. The van der Waals surface area contributed by atoms with Gasteiger partial charge in [-0.15, -0.1) is 0 Å². The number of unbranched alkanes of at least 4 members (excludes halogenated alkanes) is 2. The standard InChI is InChI=1S/C18H32O4/c1-2-3-10-13-16-14-11-8-6-4-5-7-9-12-15-18(20,21)17(19)22-16/h11,14,16,20-21H,2-10,12-13,15H2,1H3/b14-11+. The number of aliphatic hydroxyl groups is 2. The molecule has 0 radical (unpaired) electrons. The van der Waals surface area contributed by atoms with E-state index < -0.39 is 11.8 Å². The molecule has 0 fully saturated rings. The zero-order chi connectivity index (χ0) is 16.3. The molecular weight excluding hydrogens is 280 g/mol. The molecule has 0 aromatic rings. The Morgan fingerprint density at radius 3 is 2.55 bits per heavy atom. The van der Waals surface area contributed by atoms with Gasteiger partial charge in [-0.2, -0.15) is 0 Å². The molecule has 1 unspecified atom stereocenters. The van der Waals surface area contributed by atoms with Gasteiger partial charge in [0.05, 0.1) is 0 Å². The highest BCUT2D eigenvalue weighted by atomic mass is 16.6. The molecule has 0 saturated heterocycles. The summed E-state index contributed by atoms with van der Waals surface area (Å²) in [5.74, 6) is -3.25. The maximum Gasteiger partial charge on any atom is 0.367 e. The molecule has 0 amide bonds. The molecule has 1 rings (SSSR count). The fourth-order valence-electron chi connectivity index (χ4n) is 2.71. The van der Waals surface area contributed by atoms with Gasteiger partial charge in [0.15, 0.2) is 0 Å². The summed E-state index contributed by atoms with van der Waals surface area (Å²) >= 11 is 0. The summed E-state index contributed by atoms with van der Waals surface area (Å²) in [5, 5.41) is 19.8. The smallest absolute Gasteiger partial charge is 0.367 e. The number of ether oxygens (including phenoxy) is 1. The van der Waals surface area contributed by atoms with Gasteiger partial charge in [0.25, 0.3) is 5.79 Å². The Balaban J connectivity index is 2.64. The summed E-state index contributed by atoms with van der Waals surface area (Å²) in [6.07, 6.45) is 14.8. The molecule has 22 heavy (non-hydrogen) atoms. The lowest BCUT2D eigenvalue weighted by Gasteiger charge is -2.23. The highest BCUT2D eigenvalue weighted by Crippen LogP contribution is 2.19. The maximum absolute atomic E-state index is 12.0. The van der Waals surface area contributed by atoms with Gasteiger partial charge in [0.2, 0.25) is 0 Å². The quantitative estimate of drug-likeness (QED) is 0.358. The fourth-order valence-corrected chi connectivity index (χ4v) is 2.71. The van der Waals surface area contributed by atoms with Crippen molar-refractivity contribution in [1.29, 1.82) is 0 Å². The van der Waals surface area contributed by atoms with Crippen LogP contribution >= 0.6 is 0 Å². The Bertz CT molecular complexity index is 336. The summed E-state index contributed by atoms with van der Waals surface area (Å²) in [7, 11) is 0. The zero-order valence-corrected chi connectivity index (χ0v) is 13.9. The fraction of sp³-hybridized carbons (Fsp3) is 0.833. The first-order valence-corrected chi connectivity index (χ1v) is 8.88. The van der Waals surface area contributed by atoms with Crippen molar-refractivity contribution in [3.05, 3.63) is 12.2 Å². The molecule has 0 saturated carbocycles. The van der Waals surface area contributed by atoms with Crippen LogP contribution in [0.5, 0.6) is 0 Å². The van der Waals surface area contributed by atoms with E-state index in [-0.39, 0.29) is 12.5 Å². The number of cyclic esters (lactones) is 1. The van der Waals surface area contributed by atoms with Gasteiger partial charge < -0.3 is 14.9 Å². The van der Waals surface area contributed by atoms with E-state index in [1.54, 1.807) is 0 Å². The third-order valence-corrected chi connectivity index (χ3v) is 4.17. The second-order valence-corrected chi connectivity index (χ2v) is 6.34. The summed E-state index contributed by atoms with van der Waals surface area (Å²) in [6, 6.07) is 0. The van der Waals surface area contributed by atoms with Crippen molar-refractivity contribution in [1.82, 2.24) is 0 Å². The van der Waals surface area contributed by atoms with E-state index in [9.17, 15) is 15.0 Å². The summed E-state index contributed by atoms with van der Waals surface area (Å²) in [5.41, 5.74) is 0. The summed E-state index contributed by atoms with van der Waals surface area (Å²) in [6.45, 7) is 2.13. The number of carbonyl (C=O) groups excluding carboxylic acids is 1. The number of hydrogen-bond donors (Lipinski definition) is 2. The minimum absolute atomic E-state index is 0.0528. The van der Waals surface area contributed by atoms with Crippen molar-refractivity contribution < 1.29 is 19.7 Å². The lowest BCUT2D eigenvalue weighted by Crippen LogP contribution is -2.41. The van der Waals surface area contributed by atoms with Crippen LogP contribution < -0.4 is 0 Å². The average molecular weight is 312 g/mol. The van der Waals surface area contributed by atoms with Gasteiger partial charge in [-0.25, -0.2) is 4.79 Å². The van der Waals surface area contributed by atoms with E-state index in [4.69, 9.17) is 4.74 Å². The Hall–Kier alpha value is -0.870. The first-order valence-electron chi connectivity index (χ1n) is 8.88. The predicted molar refractivity (Wildman–Crippen MR) is 87.3 cm³/mol. The lowest BCUT2D eigenvalue weighted by atomic mass is 10.0. The van der Waals surface area contributed by atoms with Gasteiger partial charge in [-0.1, -0.05) is 51.5 Å². The second kappa shape index (κ2) is 10.8. The largest absolute Gasteiger partial charge is 0.454 e. The van der Waals surface area contributed by atoms with Crippen molar-refractivity contribution in [2.75, 3.05) is 0 Å². The highest BCUT2D eigenvalue weighted by molar-refractivity contribution is 5.77. The van der Waals surface area contributed by atoms with Crippen LogP contribution in [0.1, 0.15) is 84.0 Å². The van der Waals surface area contributed by atoms with Crippen LogP contribution in [-0.2, 0) is 9.53 Å². The molecule has 4 heteroatoms. The van der Waals surface area contributed by atoms with Crippen molar-refractivity contribution in [2.24, 2.45) is 0 Å². The molecule has 128 valence electrons. The Morgan fingerprint density at radius 2 is 1.82 bits per heavy atom. The zero-order valence-electron chi connectivity index (χ0n) is 13.9. The first kappa shape index (κ1) is 19.2. The third kappa shape index (κ3) is 7.95. The van der Waals surface area contributed by atoms with Gasteiger partial charge in [-0.05, 0) is 38.2 Å². The van der Waals surface area contributed by atoms with Crippen molar-refractivity contribution >= 4 is 5.97 Å². The molecule has 0 aromatic carbocycles. The van der Waals surface area contributed by atoms with Crippen LogP contribution in [0.2, 0.25) is 0 Å². The second-order valence-electron chi connectivity index (χ2n) is 6.34. The van der Waals surface area contributed by atoms with Crippen LogP contribution in [0.15, 0.2) is 12.2 Å². The molecule has 1 aliphatic heterocycles. The van der Waals surface area contributed by atoms with E-state index >= 15 is 0 Å². The Labute approximate surface area is 134 Å². The van der Waals surface area contributed by atoms with Crippen LogP contribution in [0, 0.1) is 0 Å². The predicted octanol–water partition coefficient (Wildman–Crippen LogP) is 3.85. The molecule has 0 bridgehead atoms. The van der Waals surface area contributed by atoms with E-state index in [0.717, 1.165) is 51.4 Å². The van der Waals surface area contributed by atoms with Gasteiger partial charge in [-0.3, -0.25) is 0 Å². The van der Waals surface area contributed by atoms with E-state index in [2.05, 4.69) is 13.0 Å². The minimum atomic E-state index is -2.35. The maximum atomic E-state index is 12.0.